The van der Waals surface area contributed by atoms with Crippen molar-refractivity contribution in [3.63, 3.8) is 0 Å². The Morgan fingerprint density at radius 2 is 0.606 bits per heavy atom. The molecule has 0 aliphatic heterocycles. The molecule has 4 heteroatoms. The molecule has 0 unspecified atom stereocenters. The largest absolute Gasteiger partial charge is 0.456 e. The standard InChI is InChI=1S/C52H37NO.C28H21Br.C25H18O/c1-51(2)42-20-9-11-22-44(42)52(45-23-12-10-21-43(45)51)41-19-8-6-18-39(41)50-46(52)24-14-25-47(50)53(36-29-27-35(28-30-36)34-15-4-3-5-16-34)37-31-32-49-40(33-37)38-17-7-13-26-48(38)54-49;1-27(2)20-12-5-7-14-22(20)28(23-15-8-6-13-21(23)27)19-11-4-3-10-18(19)26-24(28)16-9-17-25(26)29;1-2-6-20(7-3-1)21-13-10-18(11-14-21)16-19-12-15-25-23(17-19)22-8-4-5-9-24(22)26-25/h3-33H,1-2H3;3-17H,1-2H3;1-15,17H,16H2. The number of hydrogen-bond acceptors (Lipinski definition) is 3. The van der Waals surface area contributed by atoms with Gasteiger partial charge in [-0.2, -0.15) is 0 Å². The van der Waals surface area contributed by atoms with E-state index in [4.69, 9.17) is 8.83 Å². The summed E-state index contributed by atoms with van der Waals surface area (Å²) in [6, 6.07) is 137. The molecule has 2 aromatic heterocycles. The molecule has 0 atom stereocenters. The van der Waals surface area contributed by atoms with Gasteiger partial charge in [0.05, 0.1) is 16.5 Å². The van der Waals surface area contributed by atoms with Gasteiger partial charge in [-0.1, -0.05) is 353 Å². The molecule has 18 aromatic rings. The average Bonchev–Trinajstić information content (AvgIpc) is 1.55. The molecule has 16 aromatic carbocycles. The third-order valence-corrected chi connectivity index (χ3v) is 24.7. The highest BCUT2D eigenvalue weighted by Crippen LogP contribution is 2.66. The number of anilines is 3. The maximum atomic E-state index is 6.32. The van der Waals surface area contributed by atoms with E-state index in [2.05, 4.69) is 400 Å². The second kappa shape index (κ2) is 25.8. The van der Waals surface area contributed by atoms with E-state index in [-0.39, 0.29) is 16.2 Å². The monoisotopic (exact) mass is 1460 g/mol. The SMILES string of the molecule is CC1(C)c2ccccc2C2(c3ccccc3-c3c(Br)cccc32)c2ccccc21.CC1(C)c2ccccc2C2(c3ccccc3-c3c(N(c4ccc(-c5ccccc5)cc4)c4ccc5oc6ccccc6c5c4)cccc32)c2ccccc21.c1ccc(-c2ccc(Cc3ccc4oc5ccccc5c4c3)cc2)cc1. The van der Waals surface area contributed by atoms with E-state index in [0.717, 1.165) is 56.6 Å². The Balaban J connectivity index is 0.000000119. The van der Waals surface area contributed by atoms with Crippen LogP contribution in [-0.2, 0) is 28.1 Å². The second-order valence-corrected chi connectivity index (χ2v) is 31.4. The molecular weight excluding hydrogens is 1390 g/mol. The van der Waals surface area contributed by atoms with Gasteiger partial charge in [0, 0.05) is 59.3 Å². The third kappa shape index (κ3) is 10.2. The molecular formula is C105H76BrNO2. The van der Waals surface area contributed by atoms with Crippen LogP contribution in [0.5, 0.6) is 0 Å². The highest BCUT2D eigenvalue weighted by molar-refractivity contribution is 9.10. The van der Waals surface area contributed by atoms with Gasteiger partial charge in [-0.25, -0.2) is 0 Å². The first-order valence-electron chi connectivity index (χ1n) is 37.9. The molecule has 4 aliphatic rings. The maximum absolute atomic E-state index is 6.32. The van der Waals surface area contributed by atoms with E-state index in [9.17, 15) is 0 Å². The van der Waals surface area contributed by atoms with Crippen molar-refractivity contribution >= 4 is 76.9 Å². The number of para-hydroxylation sites is 2. The molecule has 0 N–H and O–H groups in total. The normalized spacial score (nSPS) is 14.2. The molecule has 0 radical (unpaired) electrons. The minimum atomic E-state index is -0.474. The molecule has 4 aliphatic carbocycles. The van der Waals surface area contributed by atoms with Crippen molar-refractivity contribution in [1.29, 1.82) is 0 Å². The van der Waals surface area contributed by atoms with Crippen molar-refractivity contribution in [1.82, 2.24) is 0 Å². The highest BCUT2D eigenvalue weighted by atomic mass is 79.9. The molecule has 0 fully saturated rings. The first kappa shape index (κ1) is 65.9. The summed E-state index contributed by atoms with van der Waals surface area (Å²) in [6.07, 6.45) is 0.921. The van der Waals surface area contributed by atoms with Crippen LogP contribution in [0.15, 0.2) is 389 Å². The number of hydrogen-bond donors (Lipinski definition) is 0. The molecule has 520 valence electrons. The van der Waals surface area contributed by atoms with Gasteiger partial charge < -0.3 is 13.7 Å². The van der Waals surface area contributed by atoms with Crippen LogP contribution >= 0.6 is 15.9 Å². The number of nitrogens with zero attached hydrogens (tertiary/aromatic N) is 1. The van der Waals surface area contributed by atoms with Crippen LogP contribution in [0.4, 0.5) is 17.1 Å². The number of halogens is 1. The van der Waals surface area contributed by atoms with E-state index in [0.29, 0.717) is 0 Å². The quantitative estimate of drug-likeness (QED) is 0.159. The molecule has 0 bridgehead atoms. The minimum absolute atomic E-state index is 0.0395. The van der Waals surface area contributed by atoms with Gasteiger partial charge >= 0.3 is 0 Å². The smallest absolute Gasteiger partial charge is 0.135 e. The lowest BCUT2D eigenvalue weighted by atomic mass is 9.55. The van der Waals surface area contributed by atoms with Crippen molar-refractivity contribution < 1.29 is 8.83 Å². The Bertz CT molecular complexity index is 6500. The predicted octanol–water partition coefficient (Wildman–Crippen LogP) is 28.0. The van der Waals surface area contributed by atoms with Crippen molar-refractivity contribution in [3.05, 3.63) is 458 Å². The van der Waals surface area contributed by atoms with E-state index >= 15 is 0 Å². The van der Waals surface area contributed by atoms with E-state index < -0.39 is 5.41 Å². The summed E-state index contributed by atoms with van der Waals surface area (Å²) in [4.78, 5) is 2.45. The summed E-state index contributed by atoms with van der Waals surface area (Å²) in [5.41, 5.74) is 35.3. The van der Waals surface area contributed by atoms with Crippen LogP contribution in [-0.4, -0.2) is 0 Å². The lowest BCUT2D eigenvalue weighted by Crippen LogP contribution is -2.40. The van der Waals surface area contributed by atoms with Gasteiger partial charge in [-0.3, -0.25) is 0 Å². The summed E-state index contributed by atoms with van der Waals surface area (Å²) in [5.74, 6) is 0. The Morgan fingerprint density at radius 1 is 0.257 bits per heavy atom. The molecule has 109 heavy (non-hydrogen) atoms. The predicted molar refractivity (Wildman–Crippen MR) is 455 cm³/mol. The van der Waals surface area contributed by atoms with Crippen LogP contribution < -0.4 is 4.90 Å². The van der Waals surface area contributed by atoms with E-state index in [1.54, 1.807) is 0 Å². The topological polar surface area (TPSA) is 29.5 Å². The van der Waals surface area contributed by atoms with Crippen molar-refractivity contribution in [2.45, 2.75) is 55.8 Å². The van der Waals surface area contributed by atoms with Gasteiger partial charge in [0.2, 0.25) is 0 Å². The first-order valence-corrected chi connectivity index (χ1v) is 38.7. The lowest BCUT2D eigenvalue weighted by molar-refractivity contribution is 0.563. The molecule has 3 nitrogen and oxygen atoms in total. The summed E-state index contributed by atoms with van der Waals surface area (Å²) in [7, 11) is 0. The molecule has 2 spiro atoms. The van der Waals surface area contributed by atoms with Crippen LogP contribution in [0.2, 0.25) is 0 Å². The highest BCUT2D eigenvalue weighted by Gasteiger charge is 2.55. The Kier molecular flexibility index (Phi) is 15.6. The minimum Gasteiger partial charge on any atom is -0.456 e. The zero-order valence-electron chi connectivity index (χ0n) is 61.1. The lowest BCUT2D eigenvalue weighted by Gasteiger charge is -2.46. The van der Waals surface area contributed by atoms with Crippen LogP contribution in [0.3, 0.4) is 0 Å². The number of fused-ring (bicyclic) bond motifs is 24. The fourth-order valence-electron chi connectivity index (χ4n) is 19.2. The van der Waals surface area contributed by atoms with E-state index in [1.165, 1.54) is 138 Å². The molecule has 22 rings (SSSR count). The fourth-order valence-corrected chi connectivity index (χ4v) is 19.8. The van der Waals surface area contributed by atoms with Crippen LogP contribution in [0, 0.1) is 0 Å². The summed E-state index contributed by atoms with van der Waals surface area (Å²) in [5, 5.41) is 4.60. The van der Waals surface area contributed by atoms with Gasteiger partial charge in [0.15, 0.2) is 0 Å². The summed E-state index contributed by atoms with van der Waals surface area (Å²) in [6.45, 7) is 9.49. The molecule has 2 heterocycles. The Morgan fingerprint density at radius 3 is 1.11 bits per heavy atom. The zero-order chi connectivity index (χ0) is 73.2. The maximum Gasteiger partial charge on any atom is 0.135 e. The van der Waals surface area contributed by atoms with Gasteiger partial charge in [-0.05, 0) is 184 Å². The van der Waals surface area contributed by atoms with Crippen molar-refractivity contribution in [3.8, 4) is 44.5 Å². The van der Waals surface area contributed by atoms with Crippen molar-refractivity contribution in [2.75, 3.05) is 4.90 Å². The van der Waals surface area contributed by atoms with Crippen molar-refractivity contribution in [2.24, 2.45) is 0 Å². The second-order valence-electron chi connectivity index (χ2n) is 30.6. The number of benzene rings is 16. The van der Waals surface area contributed by atoms with E-state index in [1.807, 2.05) is 24.3 Å². The molecule has 0 saturated carbocycles. The molecule has 0 amide bonds. The van der Waals surface area contributed by atoms with Gasteiger partial charge in [-0.15, -0.1) is 0 Å². The Labute approximate surface area is 644 Å². The third-order valence-electron chi connectivity index (χ3n) is 24.1. The summed E-state index contributed by atoms with van der Waals surface area (Å²) < 4.78 is 13.4. The Hall–Kier alpha value is -12.6. The van der Waals surface area contributed by atoms with Crippen LogP contribution in [0.1, 0.15) is 106 Å². The number of furan rings is 2. The summed E-state index contributed by atoms with van der Waals surface area (Å²) >= 11 is 3.87. The zero-order valence-corrected chi connectivity index (χ0v) is 62.7. The number of rotatable bonds is 7. The average molecular weight is 1460 g/mol. The fraction of sp³-hybridized carbons (Fsp3) is 0.0857. The molecule has 0 saturated heterocycles. The first-order chi connectivity index (χ1) is 53.5. The van der Waals surface area contributed by atoms with Gasteiger partial charge in [0.25, 0.3) is 0 Å². The van der Waals surface area contributed by atoms with Gasteiger partial charge in [0.1, 0.15) is 22.3 Å². The van der Waals surface area contributed by atoms with Crippen LogP contribution in [0.25, 0.3) is 88.4 Å².